The number of carbonyl (C=O) groups excluding carboxylic acids is 1. The van der Waals surface area contributed by atoms with Crippen LogP contribution in [-0.4, -0.2) is 5.91 Å². The fourth-order valence-electron chi connectivity index (χ4n) is 1.34. The zero-order chi connectivity index (χ0) is 8.55. The monoisotopic (exact) mass is 225 g/mol. The molecule has 12 heavy (non-hydrogen) atoms. The lowest BCUT2D eigenvalue weighted by atomic mass is 10.1. The van der Waals surface area contributed by atoms with Gasteiger partial charge in [-0.15, -0.1) is 0 Å². The summed E-state index contributed by atoms with van der Waals surface area (Å²) in [6.07, 6.45) is 0.526. The van der Waals surface area contributed by atoms with Gasteiger partial charge in [0.25, 0.3) is 0 Å². The smallest absolute Gasteiger partial charge is 0.228 e. The number of hydrogen-bond donors (Lipinski definition) is 1. The molecule has 0 bridgehead atoms. The van der Waals surface area contributed by atoms with Crippen LogP contribution in [0.25, 0.3) is 0 Å². The van der Waals surface area contributed by atoms with Gasteiger partial charge in [-0.2, -0.15) is 0 Å². The molecule has 0 aliphatic carbocycles. The summed E-state index contributed by atoms with van der Waals surface area (Å²) >= 11 is 3.37. The maximum absolute atomic E-state index is 11.0. The molecule has 0 spiro atoms. The lowest BCUT2D eigenvalue weighted by molar-refractivity contribution is -0.115. The van der Waals surface area contributed by atoms with Crippen molar-refractivity contribution in [2.45, 2.75) is 11.8 Å². The highest BCUT2D eigenvalue weighted by Crippen LogP contribution is 2.24. The van der Waals surface area contributed by atoms with Crippen LogP contribution in [0.1, 0.15) is 11.1 Å². The molecule has 0 aromatic heterocycles. The third-order valence-corrected chi connectivity index (χ3v) is 2.60. The zero-order valence-corrected chi connectivity index (χ0v) is 8.02. The van der Waals surface area contributed by atoms with E-state index in [0.717, 1.165) is 16.6 Å². The van der Waals surface area contributed by atoms with Crippen LogP contribution in [0.2, 0.25) is 0 Å². The molecule has 1 amide bonds. The molecule has 1 aliphatic rings. The van der Waals surface area contributed by atoms with E-state index in [0.29, 0.717) is 6.42 Å². The van der Waals surface area contributed by atoms with Gasteiger partial charge in [0, 0.05) is 11.0 Å². The first-order valence-electron chi connectivity index (χ1n) is 3.77. The van der Waals surface area contributed by atoms with Gasteiger partial charge in [-0.3, -0.25) is 4.79 Å². The van der Waals surface area contributed by atoms with E-state index in [1.807, 2.05) is 18.2 Å². The Balaban J connectivity index is 2.41. The Morgan fingerprint density at radius 3 is 3.08 bits per heavy atom. The van der Waals surface area contributed by atoms with Crippen LogP contribution in [0.3, 0.4) is 0 Å². The van der Waals surface area contributed by atoms with Crippen molar-refractivity contribution in [1.82, 2.24) is 0 Å². The molecule has 0 unspecified atom stereocenters. The number of anilines is 1. The SMILES string of the molecule is O=C1Cc2ccc(CBr)cc2N1. The zero-order valence-electron chi connectivity index (χ0n) is 6.43. The predicted molar refractivity (Wildman–Crippen MR) is 51.4 cm³/mol. The molecule has 0 saturated heterocycles. The number of amides is 1. The van der Waals surface area contributed by atoms with Gasteiger partial charge in [-0.05, 0) is 17.2 Å². The standard InChI is InChI=1S/C9H8BrNO/c10-5-6-1-2-7-4-9(12)11-8(7)3-6/h1-3H,4-5H2,(H,11,12). The van der Waals surface area contributed by atoms with Crippen molar-refractivity contribution in [3.05, 3.63) is 29.3 Å². The third kappa shape index (κ3) is 1.25. The summed E-state index contributed by atoms with van der Waals surface area (Å²) in [5.41, 5.74) is 3.26. The average molecular weight is 226 g/mol. The summed E-state index contributed by atoms with van der Waals surface area (Å²) in [4.78, 5) is 11.0. The van der Waals surface area contributed by atoms with Gasteiger partial charge in [0.1, 0.15) is 0 Å². The first-order chi connectivity index (χ1) is 5.79. The van der Waals surface area contributed by atoms with Crippen LogP contribution in [0, 0.1) is 0 Å². The summed E-state index contributed by atoms with van der Waals surface area (Å²) < 4.78 is 0. The molecule has 0 fully saturated rings. The van der Waals surface area contributed by atoms with Crippen LogP contribution in [0.4, 0.5) is 5.69 Å². The summed E-state index contributed by atoms with van der Waals surface area (Å²) in [5, 5.41) is 3.64. The highest BCUT2D eigenvalue weighted by molar-refractivity contribution is 9.08. The number of benzene rings is 1. The van der Waals surface area contributed by atoms with Gasteiger partial charge >= 0.3 is 0 Å². The Hall–Kier alpha value is -0.830. The second kappa shape index (κ2) is 2.90. The summed E-state index contributed by atoms with van der Waals surface area (Å²) in [6.45, 7) is 0. The molecule has 1 heterocycles. The minimum atomic E-state index is 0.0942. The number of carbonyl (C=O) groups is 1. The van der Waals surface area contributed by atoms with Crippen LogP contribution >= 0.6 is 15.9 Å². The fourth-order valence-corrected chi connectivity index (χ4v) is 1.69. The molecule has 0 radical (unpaired) electrons. The van der Waals surface area contributed by atoms with Crippen molar-refractivity contribution < 1.29 is 4.79 Å². The highest BCUT2D eigenvalue weighted by Gasteiger charge is 2.16. The van der Waals surface area contributed by atoms with Crippen molar-refractivity contribution in [2.24, 2.45) is 0 Å². The molecule has 0 saturated carbocycles. The first kappa shape index (κ1) is 7.80. The summed E-state index contributed by atoms with van der Waals surface area (Å²) in [6, 6.07) is 6.05. The number of alkyl halides is 1. The average Bonchev–Trinajstić information content (AvgIpc) is 2.43. The quantitative estimate of drug-likeness (QED) is 0.729. The Labute approximate surface area is 79.1 Å². The van der Waals surface area contributed by atoms with Gasteiger partial charge in [-0.1, -0.05) is 28.1 Å². The van der Waals surface area contributed by atoms with Gasteiger partial charge < -0.3 is 5.32 Å². The Morgan fingerprint density at radius 2 is 2.33 bits per heavy atom. The van der Waals surface area contributed by atoms with Crippen LogP contribution in [0.15, 0.2) is 18.2 Å². The third-order valence-electron chi connectivity index (χ3n) is 1.95. The Morgan fingerprint density at radius 1 is 1.50 bits per heavy atom. The maximum Gasteiger partial charge on any atom is 0.228 e. The number of nitrogens with one attached hydrogen (secondary N) is 1. The van der Waals surface area contributed by atoms with E-state index >= 15 is 0 Å². The fraction of sp³-hybridized carbons (Fsp3) is 0.222. The van der Waals surface area contributed by atoms with Crippen LogP contribution < -0.4 is 5.32 Å². The van der Waals surface area contributed by atoms with Crippen molar-refractivity contribution >= 4 is 27.5 Å². The van der Waals surface area contributed by atoms with Crippen molar-refractivity contribution in [1.29, 1.82) is 0 Å². The van der Waals surface area contributed by atoms with E-state index in [1.165, 1.54) is 5.56 Å². The van der Waals surface area contributed by atoms with Gasteiger partial charge in [-0.25, -0.2) is 0 Å². The molecule has 2 nitrogen and oxygen atoms in total. The molecular formula is C9H8BrNO. The predicted octanol–water partition coefficient (Wildman–Crippen LogP) is 2.08. The normalized spacial score (nSPS) is 14.2. The largest absolute Gasteiger partial charge is 0.326 e. The summed E-state index contributed by atoms with van der Waals surface area (Å²) in [5.74, 6) is 0.0942. The molecule has 3 heteroatoms. The Kier molecular flexibility index (Phi) is 1.89. The number of hydrogen-bond acceptors (Lipinski definition) is 1. The minimum absolute atomic E-state index is 0.0942. The van der Waals surface area contributed by atoms with E-state index in [4.69, 9.17) is 0 Å². The van der Waals surface area contributed by atoms with E-state index in [9.17, 15) is 4.79 Å². The van der Waals surface area contributed by atoms with Crippen molar-refractivity contribution in [3.8, 4) is 0 Å². The van der Waals surface area contributed by atoms with Crippen LogP contribution in [-0.2, 0) is 16.5 Å². The van der Waals surface area contributed by atoms with Gasteiger partial charge in [0.15, 0.2) is 0 Å². The second-order valence-corrected chi connectivity index (χ2v) is 3.41. The lowest BCUT2D eigenvalue weighted by Crippen LogP contribution is -2.03. The van der Waals surface area contributed by atoms with E-state index in [-0.39, 0.29) is 5.91 Å². The molecule has 1 aromatic carbocycles. The van der Waals surface area contributed by atoms with Crippen molar-refractivity contribution in [2.75, 3.05) is 5.32 Å². The Bertz CT molecular complexity index is 335. The molecule has 1 aliphatic heterocycles. The number of fused-ring (bicyclic) bond motifs is 1. The number of rotatable bonds is 1. The maximum atomic E-state index is 11.0. The molecule has 62 valence electrons. The second-order valence-electron chi connectivity index (χ2n) is 2.85. The first-order valence-corrected chi connectivity index (χ1v) is 4.89. The van der Waals surface area contributed by atoms with Crippen molar-refractivity contribution in [3.63, 3.8) is 0 Å². The van der Waals surface area contributed by atoms with Crippen LogP contribution in [0.5, 0.6) is 0 Å². The topological polar surface area (TPSA) is 29.1 Å². The summed E-state index contributed by atoms with van der Waals surface area (Å²) in [7, 11) is 0. The minimum Gasteiger partial charge on any atom is -0.326 e. The van der Waals surface area contributed by atoms with E-state index in [1.54, 1.807) is 0 Å². The molecular weight excluding hydrogens is 218 g/mol. The highest BCUT2D eigenvalue weighted by atomic mass is 79.9. The van der Waals surface area contributed by atoms with E-state index < -0.39 is 0 Å². The number of halogens is 1. The molecule has 1 N–H and O–H groups in total. The molecule has 1 aromatic rings. The lowest BCUT2D eigenvalue weighted by Gasteiger charge is -1.99. The van der Waals surface area contributed by atoms with E-state index in [2.05, 4.69) is 21.2 Å². The van der Waals surface area contributed by atoms with Gasteiger partial charge in [0.05, 0.1) is 6.42 Å². The molecule has 2 rings (SSSR count). The molecule has 0 atom stereocenters. The van der Waals surface area contributed by atoms with Gasteiger partial charge in [0.2, 0.25) is 5.91 Å².